The summed E-state index contributed by atoms with van der Waals surface area (Å²) in [7, 11) is 1.59. The van der Waals surface area contributed by atoms with Crippen molar-refractivity contribution in [2.24, 2.45) is 0 Å². The first kappa shape index (κ1) is 17.1. The number of aromatic nitrogens is 3. The van der Waals surface area contributed by atoms with Gasteiger partial charge in [0, 0.05) is 12.2 Å². The fraction of sp³-hybridized carbons (Fsp3) is 0.250. The van der Waals surface area contributed by atoms with Gasteiger partial charge in [-0.1, -0.05) is 30.3 Å². The van der Waals surface area contributed by atoms with Crippen molar-refractivity contribution in [1.29, 1.82) is 0 Å². The Balaban J connectivity index is 1.58. The van der Waals surface area contributed by atoms with Crippen LogP contribution >= 0.6 is 0 Å². The van der Waals surface area contributed by atoms with Crippen LogP contribution in [0.3, 0.4) is 0 Å². The number of nitrogens with zero attached hydrogens (tertiary/aromatic N) is 4. The van der Waals surface area contributed by atoms with Crippen LogP contribution in [0.25, 0.3) is 5.69 Å². The molecule has 1 N–H and O–H groups in total. The maximum Gasteiger partial charge on any atom is 0.322 e. The Morgan fingerprint density at radius 3 is 2.74 bits per heavy atom. The van der Waals surface area contributed by atoms with E-state index in [4.69, 9.17) is 4.74 Å². The van der Waals surface area contributed by atoms with Gasteiger partial charge in [-0.3, -0.25) is 4.57 Å². The molecule has 4 rings (SSSR count). The molecule has 1 unspecified atom stereocenters. The molecule has 0 aliphatic carbocycles. The van der Waals surface area contributed by atoms with Crippen LogP contribution in [0, 0.1) is 0 Å². The molecule has 2 aromatic carbocycles. The fourth-order valence-electron chi connectivity index (χ4n) is 3.47. The van der Waals surface area contributed by atoms with E-state index >= 15 is 0 Å². The van der Waals surface area contributed by atoms with E-state index < -0.39 is 0 Å². The molecule has 1 aromatic heterocycles. The monoisotopic (exact) mass is 363 g/mol. The van der Waals surface area contributed by atoms with Crippen molar-refractivity contribution >= 4 is 11.7 Å². The zero-order valence-corrected chi connectivity index (χ0v) is 15.1. The number of urea groups is 1. The highest BCUT2D eigenvalue weighted by atomic mass is 16.5. The Morgan fingerprint density at radius 1 is 1.15 bits per heavy atom. The molecule has 1 fully saturated rings. The van der Waals surface area contributed by atoms with Gasteiger partial charge in [0.1, 0.15) is 12.1 Å². The van der Waals surface area contributed by atoms with E-state index in [0.29, 0.717) is 18.0 Å². The molecule has 0 saturated carbocycles. The first-order valence-corrected chi connectivity index (χ1v) is 8.94. The molecule has 0 bridgehead atoms. The number of carbonyl (C=O) groups is 1. The summed E-state index contributed by atoms with van der Waals surface area (Å²) in [6.45, 7) is 0.674. The Hall–Kier alpha value is -3.35. The summed E-state index contributed by atoms with van der Waals surface area (Å²) < 4.78 is 7.27. The van der Waals surface area contributed by atoms with Gasteiger partial charge in [0.2, 0.25) is 0 Å². The number of likely N-dealkylation sites (tertiary alicyclic amines) is 1. The minimum atomic E-state index is -0.162. The lowest BCUT2D eigenvalue weighted by Gasteiger charge is -2.25. The Labute approximate surface area is 157 Å². The minimum absolute atomic E-state index is 0.123. The highest BCUT2D eigenvalue weighted by molar-refractivity contribution is 5.91. The van der Waals surface area contributed by atoms with Crippen LogP contribution in [0.4, 0.5) is 10.5 Å². The Morgan fingerprint density at radius 2 is 1.93 bits per heavy atom. The van der Waals surface area contributed by atoms with Crippen LogP contribution < -0.4 is 10.1 Å². The molecule has 0 radical (unpaired) electrons. The number of nitrogens with one attached hydrogen (secondary N) is 1. The van der Waals surface area contributed by atoms with Crippen molar-refractivity contribution in [3.8, 4) is 11.4 Å². The first-order chi connectivity index (χ1) is 13.3. The molecule has 138 valence electrons. The van der Waals surface area contributed by atoms with E-state index in [1.54, 1.807) is 13.4 Å². The van der Waals surface area contributed by atoms with Gasteiger partial charge in [0.25, 0.3) is 0 Å². The van der Waals surface area contributed by atoms with Gasteiger partial charge in [0.15, 0.2) is 5.82 Å². The second kappa shape index (κ2) is 7.49. The summed E-state index contributed by atoms with van der Waals surface area (Å²) in [6.07, 6.45) is 3.47. The fourth-order valence-corrected chi connectivity index (χ4v) is 3.47. The van der Waals surface area contributed by atoms with Crippen molar-refractivity contribution in [2.45, 2.75) is 18.9 Å². The van der Waals surface area contributed by atoms with Gasteiger partial charge in [-0.2, -0.15) is 0 Å². The van der Waals surface area contributed by atoms with Crippen molar-refractivity contribution in [1.82, 2.24) is 19.7 Å². The van der Waals surface area contributed by atoms with Gasteiger partial charge in [-0.05, 0) is 37.1 Å². The van der Waals surface area contributed by atoms with Crippen molar-refractivity contribution in [2.75, 3.05) is 19.0 Å². The van der Waals surface area contributed by atoms with Crippen LogP contribution in [-0.2, 0) is 0 Å². The highest BCUT2D eigenvalue weighted by Gasteiger charge is 2.34. The second-order valence-electron chi connectivity index (χ2n) is 6.38. The molecule has 0 spiro atoms. The molecule has 1 aliphatic heterocycles. The van der Waals surface area contributed by atoms with Crippen molar-refractivity contribution in [3.05, 3.63) is 66.7 Å². The van der Waals surface area contributed by atoms with Crippen molar-refractivity contribution in [3.63, 3.8) is 0 Å². The number of benzene rings is 2. The third kappa shape index (κ3) is 3.36. The number of hydrogen-bond acceptors (Lipinski definition) is 4. The highest BCUT2D eigenvalue weighted by Crippen LogP contribution is 2.33. The third-order valence-corrected chi connectivity index (χ3v) is 4.77. The predicted octanol–water partition coefficient (Wildman–Crippen LogP) is 3.64. The van der Waals surface area contributed by atoms with Crippen LogP contribution in [-0.4, -0.2) is 39.4 Å². The second-order valence-corrected chi connectivity index (χ2v) is 6.38. The average molecular weight is 363 g/mol. The lowest BCUT2D eigenvalue weighted by Crippen LogP contribution is -2.35. The first-order valence-electron chi connectivity index (χ1n) is 8.94. The van der Waals surface area contributed by atoms with E-state index in [1.165, 1.54) is 0 Å². The van der Waals surface area contributed by atoms with Gasteiger partial charge in [-0.25, -0.2) is 4.79 Å². The summed E-state index contributed by atoms with van der Waals surface area (Å²) in [5, 5.41) is 11.4. The standard InChI is InChI=1S/C20H21N5O2/c1-27-18-12-6-5-10-16(18)22-20(26)24-13-7-11-17(24)19-23-21-14-25(19)15-8-3-2-4-9-15/h2-6,8-10,12,14,17H,7,11,13H2,1H3,(H,22,26). The van der Waals surface area contributed by atoms with E-state index in [0.717, 1.165) is 24.4 Å². The maximum atomic E-state index is 12.9. The lowest BCUT2D eigenvalue weighted by atomic mass is 10.2. The molecule has 27 heavy (non-hydrogen) atoms. The number of hydrogen-bond donors (Lipinski definition) is 1. The van der Waals surface area contributed by atoms with E-state index in [2.05, 4.69) is 15.5 Å². The zero-order valence-electron chi connectivity index (χ0n) is 15.1. The van der Waals surface area contributed by atoms with E-state index in [-0.39, 0.29) is 12.1 Å². The number of ether oxygens (including phenoxy) is 1. The maximum absolute atomic E-state index is 12.9. The van der Waals surface area contributed by atoms with Gasteiger partial charge >= 0.3 is 6.03 Å². The number of methoxy groups -OCH3 is 1. The van der Waals surface area contributed by atoms with E-state index in [9.17, 15) is 4.79 Å². The summed E-state index contributed by atoms with van der Waals surface area (Å²) in [6, 6.07) is 17.0. The van der Waals surface area contributed by atoms with Crippen molar-refractivity contribution < 1.29 is 9.53 Å². The Kier molecular flexibility index (Phi) is 4.74. The molecule has 7 heteroatoms. The molecule has 3 aromatic rings. The molecule has 2 heterocycles. The normalized spacial score (nSPS) is 16.3. The SMILES string of the molecule is COc1ccccc1NC(=O)N1CCCC1c1nncn1-c1ccccc1. The minimum Gasteiger partial charge on any atom is -0.495 e. The topological polar surface area (TPSA) is 72.3 Å². The predicted molar refractivity (Wildman–Crippen MR) is 102 cm³/mol. The zero-order chi connectivity index (χ0) is 18.6. The van der Waals surface area contributed by atoms with Gasteiger partial charge in [-0.15, -0.1) is 10.2 Å². The number of anilines is 1. The molecule has 1 atom stereocenters. The molecule has 1 aliphatic rings. The number of carbonyl (C=O) groups excluding carboxylic acids is 1. The molecule has 2 amide bonds. The summed E-state index contributed by atoms with van der Waals surface area (Å²) in [5.41, 5.74) is 1.63. The number of para-hydroxylation sites is 3. The summed E-state index contributed by atoms with van der Waals surface area (Å²) in [4.78, 5) is 14.8. The molecular weight excluding hydrogens is 342 g/mol. The summed E-state index contributed by atoms with van der Waals surface area (Å²) in [5.74, 6) is 1.41. The van der Waals surface area contributed by atoms with Crippen LogP contribution in [0.15, 0.2) is 60.9 Å². The lowest BCUT2D eigenvalue weighted by molar-refractivity contribution is 0.204. The largest absolute Gasteiger partial charge is 0.495 e. The summed E-state index contributed by atoms with van der Waals surface area (Å²) >= 11 is 0. The smallest absolute Gasteiger partial charge is 0.322 e. The van der Waals surface area contributed by atoms with Crippen LogP contribution in [0.2, 0.25) is 0 Å². The average Bonchev–Trinajstić information content (AvgIpc) is 3.38. The molecular formula is C20H21N5O2. The Bertz CT molecular complexity index is 925. The quantitative estimate of drug-likeness (QED) is 0.768. The number of amides is 2. The third-order valence-electron chi connectivity index (χ3n) is 4.77. The molecule has 7 nitrogen and oxygen atoms in total. The van der Waals surface area contributed by atoms with Gasteiger partial charge in [0.05, 0.1) is 18.8 Å². The van der Waals surface area contributed by atoms with E-state index in [1.807, 2.05) is 64.1 Å². The van der Waals surface area contributed by atoms with Crippen LogP contribution in [0.1, 0.15) is 24.7 Å². The van der Waals surface area contributed by atoms with Crippen LogP contribution in [0.5, 0.6) is 5.75 Å². The molecule has 1 saturated heterocycles. The van der Waals surface area contributed by atoms with Gasteiger partial charge < -0.3 is 15.0 Å². The number of rotatable bonds is 4.